The normalized spacial score (nSPS) is 11.4. The zero-order chi connectivity index (χ0) is 22.7. The Balaban J connectivity index is 1.65. The topological polar surface area (TPSA) is 34.0 Å². The molecule has 32 heavy (non-hydrogen) atoms. The molecule has 0 aliphatic rings. The van der Waals surface area contributed by atoms with Crippen LogP contribution in [-0.4, -0.2) is 10.5 Å². The summed E-state index contributed by atoms with van der Waals surface area (Å²) in [5.41, 5.74) is 3.60. The molecular weight excluding hydrogens is 413 g/mol. The van der Waals surface area contributed by atoms with Crippen molar-refractivity contribution in [3.05, 3.63) is 113 Å². The maximum absolute atomic E-state index is 13.0. The number of amides is 1. The van der Waals surface area contributed by atoms with Crippen molar-refractivity contribution in [3.8, 4) is 16.9 Å². The molecule has 0 aliphatic heterocycles. The second-order valence-corrected chi connectivity index (χ2v) is 7.45. The van der Waals surface area contributed by atoms with Gasteiger partial charge in [-0.15, -0.1) is 0 Å². The monoisotopic (exact) mass is 434 g/mol. The SMILES string of the molecule is Cc1c(C(=O)NCc2cccc(C(F)(F)F)c2)cc(-c2ccccc2)n1-c1ccccc1. The predicted octanol–water partition coefficient (Wildman–Crippen LogP) is 6.40. The summed E-state index contributed by atoms with van der Waals surface area (Å²) in [6.45, 7) is 1.86. The molecule has 3 nitrogen and oxygen atoms in total. The smallest absolute Gasteiger partial charge is 0.348 e. The van der Waals surface area contributed by atoms with E-state index >= 15 is 0 Å². The second-order valence-electron chi connectivity index (χ2n) is 7.45. The van der Waals surface area contributed by atoms with Crippen LogP contribution in [0.15, 0.2) is 91.0 Å². The van der Waals surface area contributed by atoms with E-state index in [0.717, 1.165) is 34.8 Å². The third kappa shape index (κ3) is 4.44. The predicted molar refractivity (Wildman–Crippen MR) is 119 cm³/mol. The molecule has 0 aliphatic carbocycles. The third-order valence-corrected chi connectivity index (χ3v) is 5.28. The van der Waals surface area contributed by atoms with Gasteiger partial charge in [-0.05, 0) is 48.4 Å². The molecule has 0 saturated heterocycles. The van der Waals surface area contributed by atoms with Crippen LogP contribution in [0.5, 0.6) is 0 Å². The first kappa shape index (κ1) is 21.4. The van der Waals surface area contributed by atoms with E-state index in [1.165, 1.54) is 6.07 Å². The Morgan fingerprint density at radius 1 is 0.875 bits per heavy atom. The van der Waals surface area contributed by atoms with Crippen molar-refractivity contribution in [2.24, 2.45) is 0 Å². The fourth-order valence-electron chi connectivity index (χ4n) is 3.70. The van der Waals surface area contributed by atoms with Crippen LogP contribution in [0.1, 0.15) is 27.2 Å². The standard InChI is InChI=1S/C26H21F3N2O/c1-18-23(25(32)30-17-19-9-8-12-21(15-19)26(27,28)29)16-24(20-10-4-2-5-11-20)31(18)22-13-6-3-7-14-22/h2-16H,17H2,1H3,(H,30,32). The van der Waals surface area contributed by atoms with Crippen LogP contribution in [-0.2, 0) is 12.7 Å². The third-order valence-electron chi connectivity index (χ3n) is 5.28. The lowest BCUT2D eigenvalue weighted by molar-refractivity contribution is -0.137. The number of carbonyl (C=O) groups is 1. The highest BCUT2D eigenvalue weighted by molar-refractivity contribution is 5.97. The molecule has 1 amide bonds. The van der Waals surface area contributed by atoms with Crippen LogP contribution in [0.4, 0.5) is 13.2 Å². The van der Waals surface area contributed by atoms with Crippen LogP contribution in [0.3, 0.4) is 0 Å². The lowest BCUT2D eigenvalue weighted by Crippen LogP contribution is -2.23. The molecule has 4 aromatic rings. The van der Waals surface area contributed by atoms with Gasteiger partial charge in [0.15, 0.2) is 0 Å². The minimum Gasteiger partial charge on any atom is -0.348 e. The van der Waals surface area contributed by atoms with Gasteiger partial charge in [-0.3, -0.25) is 4.79 Å². The number of aromatic nitrogens is 1. The van der Waals surface area contributed by atoms with E-state index in [-0.39, 0.29) is 12.5 Å². The molecule has 162 valence electrons. The molecule has 0 atom stereocenters. The van der Waals surface area contributed by atoms with Gasteiger partial charge in [0, 0.05) is 17.9 Å². The van der Waals surface area contributed by atoms with Gasteiger partial charge in [0.1, 0.15) is 0 Å². The lowest BCUT2D eigenvalue weighted by Gasteiger charge is -2.12. The van der Waals surface area contributed by atoms with Crippen LogP contribution >= 0.6 is 0 Å². The largest absolute Gasteiger partial charge is 0.416 e. The number of carbonyl (C=O) groups excluding carboxylic acids is 1. The average molecular weight is 434 g/mol. The molecule has 1 aromatic heterocycles. The first-order chi connectivity index (χ1) is 15.3. The molecule has 0 unspecified atom stereocenters. The van der Waals surface area contributed by atoms with Crippen LogP contribution in [0.2, 0.25) is 0 Å². The zero-order valence-electron chi connectivity index (χ0n) is 17.4. The van der Waals surface area contributed by atoms with Crippen molar-refractivity contribution in [2.75, 3.05) is 0 Å². The maximum Gasteiger partial charge on any atom is 0.416 e. The van der Waals surface area contributed by atoms with E-state index in [2.05, 4.69) is 5.32 Å². The van der Waals surface area contributed by atoms with Gasteiger partial charge in [0.05, 0.1) is 16.8 Å². The number of halogens is 3. The molecular formula is C26H21F3N2O. The van der Waals surface area contributed by atoms with Crippen LogP contribution < -0.4 is 5.32 Å². The van der Waals surface area contributed by atoms with Crippen molar-refractivity contribution in [2.45, 2.75) is 19.6 Å². The number of nitrogens with one attached hydrogen (secondary N) is 1. The van der Waals surface area contributed by atoms with Gasteiger partial charge >= 0.3 is 6.18 Å². The van der Waals surface area contributed by atoms with Crippen molar-refractivity contribution in [1.29, 1.82) is 0 Å². The summed E-state index contributed by atoms with van der Waals surface area (Å²) in [7, 11) is 0. The fraction of sp³-hybridized carbons (Fsp3) is 0.115. The van der Waals surface area contributed by atoms with Crippen molar-refractivity contribution in [3.63, 3.8) is 0 Å². The highest BCUT2D eigenvalue weighted by atomic mass is 19.4. The summed E-state index contributed by atoms with van der Waals surface area (Å²) in [6, 6.07) is 26.2. The van der Waals surface area contributed by atoms with E-state index in [0.29, 0.717) is 11.1 Å². The van der Waals surface area contributed by atoms with Crippen molar-refractivity contribution in [1.82, 2.24) is 9.88 Å². The number of benzene rings is 3. The molecule has 0 bridgehead atoms. The number of para-hydroxylation sites is 1. The Morgan fingerprint density at radius 2 is 1.53 bits per heavy atom. The zero-order valence-corrected chi connectivity index (χ0v) is 17.4. The number of nitrogens with zero attached hydrogens (tertiary/aromatic N) is 1. The fourth-order valence-corrected chi connectivity index (χ4v) is 3.70. The number of rotatable bonds is 5. The van der Waals surface area contributed by atoms with E-state index in [1.54, 1.807) is 6.07 Å². The number of hydrogen-bond donors (Lipinski definition) is 1. The Morgan fingerprint density at radius 3 is 2.19 bits per heavy atom. The molecule has 4 rings (SSSR count). The molecule has 1 N–H and O–H groups in total. The summed E-state index contributed by atoms with van der Waals surface area (Å²) in [5.74, 6) is -0.341. The Hall–Kier alpha value is -3.80. The Bertz CT molecular complexity index is 1230. The summed E-state index contributed by atoms with van der Waals surface area (Å²) < 4.78 is 40.9. The quantitative estimate of drug-likeness (QED) is 0.387. The van der Waals surface area contributed by atoms with Crippen LogP contribution in [0.25, 0.3) is 16.9 Å². The summed E-state index contributed by atoms with van der Waals surface area (Å²) >= 11 is 0. The molecule has 0 spiro atoms. The Kier molecular flexibility index (Phi) is 5.86. The van der Waals surface area contributed by atoms with Gasteiger partial charge in [-0.1, -0.05) is 60.7 Å². The maximum atomic E-state index is 13.0. The van der Waals surface area contributed by atoms with Gasteiger partial charge in [-0.25, -0.2) is 0 Å². The van der Waals surface area contributed by atoms with E-state index in [1.807, 2.05) is 78.2 Å². The summed E-state index contributed by atoms with van der Waals surface area (Å²) in [6.07, 6.45) is -4.42. The molecule has 6 heteroatoms. The summed E-state index contributed by atoms with van der Waals surface area (Å²) in [4.78, 5) is 13.0. The first-order valence-corrected chi connectivity index (χ1v) is 10.1. The van der Waals surface area contributed by atoms with Crippen molar-refractivity contribution < 1.29 is 18.0 Å². The van der Waals surface area contributed by atoms with Gasteiger partial charge in [0.2, 0.25) is 0 Å². The van der Waals surface area contributed by atoms with Gasteiger partial charge in [0.25, 0.3) is 5.91 Å². The molecule has 0 saturated carbocycles. The second kappa shape index (κ2) is 8.75. The first-order valence-electron chi connectivity index (χ1n) is 10.1. The van der Waals surface area contributed by atoms with Crippen LogP contribution in [0, 0.1) is 6.92 Å². The van der Waals surface area contributed by atoms with Crippen molar-refractivity contribution >= 4 is 5.91 Å². The van der Waals surface area contributed by atoms with E-state index in [9.17, 15) is 18.0 Å². The molecule has 3 aromatic carbocycles. The highest BCUT2D eigenvalue weighted by Crippen LogP contribution is 2.31. The minimum absolute atomic E-state index is 0.000614. The highest BCUT2D eigenvalue weighted by Gasteiger charge is 2.30. The molecule has 0 radical (unpaired) electrons. The van der Waals surface area contributed by atoms with E-state index in [4.69, 9.17) is 0 Å². The number of hydrogen-bond acceptors (Lipinski definition) is 1. The van der Waals surface area contributed by atoms with Gasteiger partial charge in [-0.2, -0.15) is 13.2 Å². The van der Waals surface area contributed by atoms with Gasteiger partial charge < -0.3 is 9.88 Å². The minimum atomic E-state index is -4.42. The van der Waals surface area contributed by atoms with E-state index < -0.39 is 11.7 Å². The molecule has 0 fully saturated rings. The summed E-state index contributed by atoms with van der Waals surface area (Å²) in [5, 5.41) is 2.76. The average Bonchev–Trinajstić information content (AvgIpc) is 3.15. The lowest BCUT2D eigenvalue weighted by atomic mass is 10.1. The Labute approximate surface area is 184 Å². The number of alkyl halides is 3. The molecule has 1 heterocycles.